The summed E-state index contributed by atoms with van der Waals surface area (Å²) >= 11 is 0. The number of nitrogens with one attached hydrogen (secondary N) is 1. The van der Waals surface area contributed by atoms with E-state index in [1.54, 1.807) is 49.3 Å². The molecule has 34 heavy (non-hydrogen) atoms. The lowest BCUT2D eigenvalue weighted by molar-refractivity contribution is 0.0785. The number of carbonyl (C=O) groups is 2. The van der Waals surface area contributed by atoms with E-state index in [1.165, 1.54) is 12.1 Å². The van der Waals surface area contributed by atoms with Crippen molar-refractivity contribution >= 4 is 22.6 Å². The van der Waals surface area contributed by atoms with Crippen LogP contribution in [0.2, 0.25) is 0 Å². The summed E-state index contributed by atoms with van der Waals surface area (Å²) in [4.78, 5) is 27.0. The van der Waals surface area contributed by atoms with Crippen LogP contribution in [0.3, 0.4) is 0 Å². The quantitative estimate of drug-likeness (QED) is 0.347. The first-order valence-electron chi connectivity index (χ1n) is 11.2. The topological polar surface area (TPSA) is 75.3 Å². The maximum Gasteiger partial charge on any atom is 0.254 e. The minimum absolute atomic E-state index is 0.0512. The normalized spacial score (nSPS) is 10.9. The smallest absolute Gasteiger partial charge is 0.254 e. The van der Waals surface area contributed by atoms with Crippen molar-refractivity contribution in [2.45, 2.75) is 26.8 Å². The summed E-state index contributed by atoms with van der Waals surface area (Å²) in [6, 6.07) is 15.5. The molecule has 6 nitrogen and oxygen atoms in total. The van der Waals surface area contributed by atoms with E-state index in [-0.39, 0.29) is 23.7 Å². The molecule has 0 bridgehead atoms. The second kappa shape index (κ2) is 9.87. The number of ketones is 1. The van der Waals surface area contributed by atoms with Gasteiger partial charge >= 0.3 is 0 Å². The predicted octanol–water partition coefficient (Wildman–Crippen LogP) is 5.63. The van der Waals surface area contributed by atoms with Crippen LogP contribution in [0.15, 0.2) is 60.8 Å². The Morgan fingerprint density at radius 1 is 1.09 bits per heavy atom. The number of amides is 1. The Kier molecular flexibility index (Phi) is 6.72. The first-order valence-corrected chi connectivity index (χ1v) is 11.2. The van der Waals surface area contributed by atoms with Gasteiger partial charge in [0.1, 0.15) is 11.6 Å². The van der Waals surface area contributed by atoms with Gasteiger partial charge in [0.05, 0.1) is 23.9 Å². The lowest BCUT2D eigenvalue weighted by Crippen LogP contribution is -2.26. The summed E-state index contributed by atoms with van der Waals surface area (Å²) in [7, 11) is 1.74. The fraction of sp³-hybridized carbons (Fsp3) is 0.222. The first kappa shape index (κ1) is 23.2. The number of hydrogen-bond donors (Lipinski definition) is 1. The van der Waals surface area contributed by atoms with E-state index in [1.807, 2.05) is 25.1 Å². The number of hydrogen-bond acceptors (Lipinski definition) is 4. The van der Waals surface area contributed by atoms with E-state index >= 15 is 0 Å². The number of aromatic nitrogens is 2. The van der Waals surface area contributed by atoms with Gasteiger partial charge in [0, 0.05) is 36.5 Å². The molecule has 174 valence electrons. The van der Waals surface area contributed by atoms with Gasteiger partial charge in [0.25, 0.3) is 5.91 Å². The monoisotopic (exact) mass is 459 g/mol. The van der Waals surface area contributed by atoms with Crippen molar-refractivity contribution in [2.24, 2.45) is 0 Å². The molecule has 1 N–H and O–H groups in total. The average Bonchev–Trinajstić information content (AvgIpc) is 3.34. The molecule has 1 aromatic heterocycles. The van der Waals surface area contributed by atoms with Gasteiger partial charge in [-0.1, -0.05) is 31.2 Å². The molecule has 0 aliphatic heterocycles. The highest BCUT2D eigenvalue weighted by molar-refractivity contribution is 5.98. The SMILES string of the molecule is CCOc1cc(C(=O)N(C)Cc2cccc3cn[nH]c23)ccc1-c1ccc(F)c(C(=O)CC)c1. The summed E-state index contributed by atoms with van der Waals surface area (Å²) < 4.78 is 20.0. The number of Topliss-reactive ketones (excluding diaryl/α,β-unsaturated/α-hetero) is 1. The number of ether oxygens (including phenoxy) is 1. The van der Waals surface area contributed by atoms with Crippen LogP contribution >= 0.6 is 0 Å². The zero-order chi connectivity index (χ0) is 24.2. The van der Waals surface area contributed by atoms with E-state index < -0.39 is 5.82 Å². The van der Waals surface area contributed by atoms with E-state index in [4.69, 9.17) is 4.74 Å². The average molecular weight is 460 g/mol. The molecule has 0 radical (unpaired) electrons. The molecule has 0 aliphatic rings. The Balaban J connectivity index is 1.64. The number of aromatic amines is 1. The zero-order valence-corrected chi connectivity index (χ0v) is 19.4. The molecule has 0 aliphatic carbocycles. The number of carbonyl (C=O) groups excluding carboxylic acids is 2. The summed E-state index contributed by atoms with van der Waals surface area (Å²) in [6.45, 7) is 4.35. The number of benzene rings is 3. The molecule has 4 aromatic rings. The highest BCUT2D eigenvalue weighted by atomic mass is 19.1. The molecule has 1 amide bonds. The standard InChI is InChI=1S/C27H26FN3O3/c1-4-24(32)22-13-17(10-12-23(22)28)21-11-9-18(14-25(21)34-5-2)27(33)31(3)16-20-8-6-7-19-15-29-30-26(19)20/h6-15H,4-5,16H2,1-3H3,(H,29,30). The van der Waals surface area contributed by atoms with Gasteiger partial charge in [-0.15, -0.1) is 0 Å². The third-order valence-electron chi connectivity index (χ3n) is 5.74. The molecule has 0 spiro atoms. The summed E-state index contributed by atoms with van der Waals surface area (Å²) in [6.07, 6.45) is 1.97. The third kappa shape index (κ3) is 4.55. The molecule has 0 atom stereocenters. The van der Waals surface area contributed by atoms with Crippen LogP contribution in [0.4, 0.5) is 4.39 Å². The zero-order valence-electron chi connectivity index (χ0n) is 19.4. The molecule has 0 saturated heterocycles. The van der Waals surface area contributed by atoms with E-state index in [0.29, 0.717) is 35.6 Å². The highest BCUT2D eigenvalue weighted by Gasteiger charge is 2.18. The van der Waals surface area contributed by atoms with E-state index in [9.17, 15) is 14.0 Å². The van der Waals surface area contributed by atoms with Crippen molar-refractivity contribution in [1.29, 1.82) is 0 Å². The van der Waals surface area contributed by atoms with Gasteiger partial charge in [0.15, 0.2) is 5.78 Å². The van der Waals surface area contributed by atoms with Crippen LogP contribution in [0.5, 0.6) is 5.75 Å². The Hall–Kier alpha value is -4.00. The second-order valence-corrected chi connectivity index (χ2v) is 8.03. The maximum absolute atomic E-state index is 14.2. The van der Waals surface area contributed by atoms with Gasteiger partial charge in [-0.2, -0.15) is 5.10 Å². The van der Waals surface area contributed by atoms with Gasteiger partial charge in [-0.05, 0) is 48.4 Å². The molecule has 4 rings (SSSR count). The second-order valence-electron chi connectivity index (χ2n) is 8.03. The van der Waals surface area contributed by atoms with Crippen LogP contribution in [0.1, 0.15) is 46.5 Å². The Morgan fingerprint density at radius 2 is 1.91 bits per heavy atom. The number of halogens is 1. The minimum Gasteiger partial charge on any atom is -0.493 e. The van der Waals surface area contributed by atoms with Gasteiger partial charge in [-0.3, -0.25) is 14.7 Å². The number of para-hydroxylation sites is 1. The van der Waals surface area contributed by atoms with Crippen molar-refractivity contribution in [2.75, 3.05) is 13.7 Å². The van der Waals surface area contributed by atoms with Crippen LogP contribution in [0.25, 0.3) is 22.0 Å². The van der Waals surface area contributed by atoms with Crippen LogP contribution in [-0.4, -0.2) is 40.4 Å². The lowest BCUT2D eigenvalue weighted by atomic mass is 9.98. The highest BCUT2D eigenvalue weighted by Crippen LogP contribution is 2.33. The van der Waals surface area contributed by atoms with Crippen LogP contribution in [0, 0.1) is 5.82 Å². The lowest BCUT2D eigenvalue weighted by Gasteiger charge is -2.19. The fourth-order valence-corrected chi connectivity index (χ4v) is 3.98. The van der Waals surface area contributed by atoms with Crippen LogP contribution < -0.4 is 4.74 Å². The van der Waals surface area contributed by atoms with Gasteiger partial charge in [-0.25, -0.2) is 4.39 Å². The molecule has 0 saturated carbocycles. The number of H-pyrrole nitrogens is 1. The van der Waals surface area contributed by atoms with Crippen molar-refractivity contribution < 1.29 is 18.7 Å². The first-order chi connectivity index (χ1) is 16.4. The van der Waals surface area contributed by atoms with E-state index in [0.717, 1.165) is 16.5 Å². The maximum atomic E-state index is 14.2. The fourth-order valence-electron chi connectivity index (χ4n) is 3.98. The van der Waals surface area contributed by atoms with Gasteiger partial charge in [0.2, 0.25) is 0 Å². The van der Waals surface area contributed by atoms with Crippen molar-refractivity contribution in [3.8, 4) is 16.9 Å². The third-order valence-corrected chi connectivity index (χ3v) is 5.74. The summed E-state index contributed by atoms with van der Waals surface area (Å²) in [5.74, 6) is -0.476. The van der Waals surface area contributed by atoms with Crippen molar-refractivity contribution in [1.82, 2.24) is 15.1 Å². The molecular formula is C27H26FN3O3. The molecule has 0 unspecified atom stereocenters. The predicted molar refractivity (Wildman–Crippen MR) is 130 cm³/mol. The number of rotatable bonds is 8. The summed E-state index contributed by atoms with van der Waals surface area (Å²) in [5.41, 5.74) is 3.73. The largest absolute Gasteiger partial charge is 0.493 e. The molecule has 1 heterocycles. The van der Waals surface area contributed by atoms with Crippen LogP contribution in [-0.2, 0) is 6.54 Å². The van der Waals surface area contributed by atoms with Gasteiger partial charge < -0.3 is 9.64 Å². The molecule has 7 heteroatoms. The number of fused-ring (bicyclic) bond motifs is 1. The Bertz CT molecular complexity index is 1360. The van der Waals surface area contributed by atoms with Crippen molar-refractivity contribution in [3.05, 3.63) is 83.3 Å². The van der Waals surface area contributed by atoms with Crippen molar-refractivity contribution in [3.63, 3.8) is 0 Å². The Labute approximate surface area is 197 Å². The Morgan fingerprint density at radius 3 is 2.68 bits per heavy atom. The molecule has 3 aromatic carbocycles. The molecule has 0 fully saturated rings. The summed E-state index contributed by atoms with van der Waals surface area (Å²) in [5, 5.41) is 8.05. The molecular weight excluding hydrogens is 433 g/mol. The number of nitrogens with zero attached hydrogens (tertiary/aromatic N) is 2. The van der Waals surface area contributed by atoms with E-state index in [2.05, 4.69) is 10.2 Å². The minimum atomic E-state index is -0.547.